The number of para-hydroxylation sites is 1. The number of nitrogens with one attached hydrogen (secondary N) is 1. The van der Waals surface area contributed by atoms with Gasteiger partial charge in [-0.1, -0.05) is 24.3 Å². The Morgan fingerprint density at radius 1 is 1.05 bits per heavy atom. The molecule has 0 unspecified atom stereocenters. The van der Waals surface area contributed by atoms with Crippen LogP contribution >= 0.6 is 0 Å². The van der Waals surface area contributed by atoms with Gasteiger partial charge in [0.05, 0.1) is 18.3 Å². The maximum Gasteiger partial charge on any atom is 0.120 e. The summed E-state index contributed by atoms with van der Waals surface area (Å²) < 4.78 is 5.32. The number of benzene rings is 2. The summed E-state index contributed by atoms with van der Waals surface area (Å²) in [6.45, 7) is 0. The van der Waals surface area contributed by atoms with Crippen molar-refractivity contribution in [3.8, 4) is 5.75 Å². The summed E-state index contributed by atoms with van der Waals surface area (Å²) in [5.74, 6) is 0.861. The van der Waals surface area contributed by atoms with Crippen molar-refractivity contribution in [2.75, 3.05) is 12.4 Å². The summed E-state index contributed by atoms with van der Waals surface area (Å²) >= 11 is 0. The quantitative estimate of drug-likeness (QED) is 0.772. The van der Waals surface area contributed by atoms with Crippen LogP contribution in [0.25, 0.3) is 10.9 Å². The van der Waals surface area contributed by atoms with E-state index in [-0.39, 0.29) is 0 Å². The van der Waals surface area contributed by atoms with Gasteiger partial charge in [0.15, 0.2) is 0 Å². The van der Waals surface area contributed by atoms with Gasteiger partial charge in [0, 0.05) is 22.8 Å². The molecule has 0 spiro atoms. The number of anilines is 2. The lowest BCUT2D eigenvalue weighted by molar-refractivity contribution is 0.415. The predicted molar refractivity (Wildman–Crippen MR) is 90.0 cm³/mol. The third kappa shape index (κ3) is 2.19. The van der Waals surface area contributed by atoms with Crippen molar-refractivity contribution in [1.82, 2.24) is 4.98 Å². The molecule has 1 aromatic heterocycles. The van der Waals surface area contributed by atoms with Crippen molar-refractivity contribution < 1.29 is 4.74 Å². The first-order valence-corrected chi connectivity index (χ1v) is 7.67. The Hall–Kier alpha value is -2.55. The van der Waals surface area contributed by atoms with Gasteiger partial charge in [-0.15, -0.1) is 0 Å². The molecule has 2 aromatic carbocycles. The molecule has 1 heterocycles. The molecule has 22 heavy (non-hydrogen) atoms. The first kappa shape index (κ1) is 13.1. The number of ether oxygens (including phenoxy) is 1. The highest BCUT2D eigenvalue weighted by Crippen LogP contribution is 2.36. The summed E-state index contributed by atoms with van der Waals surface area (Å²) in [7, 11) is 1.69. The Morgan fingerprint density at radius 2 is 1.95 bits per heavy atom. The highest BCUT2D eigenvalue weighted by molar-refractivity contribution is 5.95. The normalized spacial score (nSPS) is 13.1. The summed E-state index contributed by atoms with van der Waals surface area (Å²) in [6.07, 6.45) is 3.36. The van der Waals surface area contributed by atoms with Gasteiger partial charge in [-0.25, -0.2) is 0 Å². The van der Waals surface area contributed by atoms with Crippen molar-refractivity contribution in [3.05, 3.63) is 59.8 Å². The van der Waals surface area contributed by atoms with Crippen LogP contribution in [0.4, 0.5) is 11.4 Å². The number of hydrogen-bond acceptors (Lipinski definition) is 3. The van der Waals surface area contributed by atoms with Crippen LogP contribution in [0.3, 0.4) is 0 Å². The van der Waals surface area contributed by atoms with Gasteiger partial charge in [-0.05, 0) is 43.0 Å². The number of rotatable bonds is 3. The molecule has 0 aliphatic heterocycles. The lowest BCUT2D eigenvalue weighted by atomic mass is 10.1. The Morgan fingerprint density at radius 3 is 2.86 bits per heavy atom. The fraction of sp³-hybridized carbons (Fsp3) is 0.211. The second kappa shape index (κ2) is 5.34. The molecule has 3 aromatic rings. The van der Waals surface area contributed by atoms with Crippen molar-refractivity contribution in [2.45, 2.75) is 19.3 Å². The summed E-state index contributed by atoms with van der Waals surface area (Å²) in [5, 5.41) is 4.79. The predicted octanol–water partition coefficient (Wildman–Crippen LogP) is 4.48. The van der Waals surface area contributed by atoms with Crippen LogP contribution in [0.1, 0.15) is 17.7 Å². The minimum Gasteiger partial charge on any atom is -0.497 e. The average Bonchev–Trinajstić information content (AvgIpc) is 3.03. The number of pyridine rings is 1. The summed E-state index contributed by atoms with van der Waals surface area (Å²) in [4.78, 5) is 4.83. The zero-order valence-corrected chi connectivity index (χ0v) is 12.6. The Labute approximate surface area is 130 Å². The number of aromatic nitrogens is 1. The van der Waals surface area contributed by atoms with E-state index >= 15 is 0 Å². The van der Waals surface area contributed by atoms with Gasteiger partial charge in [0.1, 0.15) is 5.75 Å². The van der Waals surface area contributed by atoms with Crippen LogP contribution in [0, 0.1) is 0 Å². The van der Waals surface area contributed by atoms with Gasteiger partial charge in [-0.2, -0.15) is 0 Å². The molecule has 0 bridgehead atoms. The summed E-state index contributed by atoms with van der Waals surface area (Å²) in [5.41, 5.74) is 5.91. The molecule has 1 N–H and O–H groups in total. The minimum absolute atomic E-state index is 0.861. The first-order valence-electron chi connectivity index (χ1n) is 7.67. The largest absolute Gasteiger partial charge is 0.497 e. The van der Waals surface area contributed by atoms with Crippen LogP contribution in [-0.4, -0.2) is 12.1 Å². The smallest absolute Gasteiger partial charge is 0.120 e. The fourth-order valence-electron chi connectivity index (χ4n) is 3.20. The fourth-order valence-corrected chi connectivity index (χ4v) is 3.20. The van der Waals surface area contributed by atoms with Crippen molar-refractivity contribution in [2.24, 2.45) is 0 Å². The van der Waals surface area contributed by atoms with Gasteiger partial charge in [0.25, 0.3) is 0 Å². The van der Waals surface area contributed by atoms with Crippen LogP contribution in [-0.2, 0) is 12.8 Å². The first-order chi connectivity index (χ1) is 10.8. The van der Waals surface area contributed by atoms with Crippen LogP contribution in [0.2, 0.25) is 0 Å². The van der Waals surface area contributed by atoms with Gasteiger partial charge in [-0.3, -0.25) is 4.98 Å². The van der Waals surface area contributed by atoms with E-state index in [0.717, 1.165) is 29.8 Å². The van der Waals surface area contributed by atoms with E-state index in [1.54, 1.807) is 7.11 Å². The van der Waals surface area contributed by atoms with E-state index in [0.29, 0.717) is 0 Å². The second-order valence-corrected chi connectivity index (χ2v) is 5.64. The summed E-state index contributed by atoms with van der Waals surface area (Å²) in [6, 6.07) is 16.4. The molecule has 0 saturated carbocycles. The van der Waals surface area contributed by atoms with E-state index in [2.05, 4.69) is 29.6 Å². The van der Waals surface area contributed by atoms with Gasteiger partial charge >= 0.3 is 0 Å². The zero-order valence-electron chi connectivity index (χ0n) is 12.6. The average molecular weight is 290 g/mol. The lowest BCUT2D eigenvalue weighted by Crippen LogP contribution is -2.00. The molecule has 3 heteroatoms. The third-order valence-electron chi connectivity index (χ3n) is 4.26. The van der Waals surface area contributed by atoms with Gasteiger partial charge in [0.2, 0.25) is 0 Å². The maximum atomic E-state index is 5.32. The highest BCUT2D eigenvalue weighted by atomic mass is 16.5. The minimum atomic E-state index is 0.861. The SMILES string of the molecule is COc1cccc(Nc2c3c(nc4ccccc24)CCC3)c1. The Kier molecular flexibility index (Phi) is 3.19. The van der Waals surface area contributed by atoms with Gasteiger partial charge < -0.3 is 10.1 Å². The molecular weight excluding hydrogens is 272 g/mol. The number of fused-ring (bicyclic) bond motifs is 2. The number of aryl methyl sites for hydroxylation is 1. The number of nitrogens with zero attached hydrogens (tertiary/aromatic N) is 1. The molecule has 1 aliphatic rings. The standard InChI is InChI=1S/C19H18N2O/c1-22-14-7-4-6-13(12-14)20-19-15-8-2-3-10-17(15)21-18-11-5-9-16(18)19/h2-4,6-8,10,12H,5,9,11H2,1H3,(H,20,21). The van der Waals surface area contributed by atoms with Crippen LogP contribution in [0.15, 0.2) is 48.5 Å². The van der Waals surface area contributed by atoms with Crippen molar-refractivity contribution in [1.29, 1.82) is 0 Å². The molecule has 0 atom stereocenters. The van der Waals surface area contributed by atoms with Crippen LogP contribution in [0.5, 0.6) is 5.75 Å². The van der Waals surface area contributed by atoms with E-state index in [9.17, 15) is 0 Å². The van der Waals surface area contributed by atoms with Crippen LogP contribution < -0.4 is 10.1 Å². The topological polar surface area (TPSA) is 34.1 Å². The third-order valence-corrected chi connectivity index (χ3v) is 4.26. The van der Waals surface area contributed by atoms with Crippen molar-refractivity contribution >= 4 is 22.3 Å². The molecule has 4 rings (SSSR count). The second-order valence-electron chi connectivity index (χ2n) is 5.64. The Balaban J connectivity index is 1.86. The molecule has 0 saturated heterocycles. The van der Waals surface area contributed by atoms with E-state index in [1.165, 1.54) is 28.8 Å². The number of methoxy groups -OCH3 is 1. The Bertz CT molecular complexity index is 842. The molecule has 0 fully saturated rings. The van der Waals surface area contributed by atoms with E-state index in [4.69, 9.17) is 9.72 Å². The zero-order chi connectivity index (χ0) is 14.9. The van der Waals surface area contributed by atoms with Crippen molar-refractivity contribution in [3.63, 3.8) is 0 Å². The molecule has 1 aliphatic carbocycles. The molecule has 110 valence electrons. The lowest BCUT2D eigenvalue weighted by Gasteiger charge is -2.15. The van der Waals surface area contributed by atoms with E-state index in [1.807, 2.05) is 24.3 Å². The molecule has 0 radical (unpaired) electrons. The molecular formula is C19H18N2O. The molecule has 3 nitrogen and oxygen atoms in total. The number of hydrogen-bond donors (Lipinski definition) is 1. The molecule has 0 amide bonds. The van der Waals surface area contributed by atoms with E-state index < -0.39 is 0 Å². The highest BCUT2D eigenvalue weighted by Gasteiger charge is 2.19. The monoisotopic (exact) mass is 290 g/mol. The maximum absolute atomic E-state index is 5.32.